The minimum absolute atomic E-state index is 0.0754. The first-order chi connectivity index (χ1) is 16.3. The minimum Gasteiger partial charge on any atom is -0.451 e. The Morgan fingerprint density at radius 2 is 2.06 bits per heavy atom. The average Bonchev–Trinajstić information content (AvgIpc) is 3.38. The van der Waals surface area contributed by atoms with Crippen molar-refractivity contribution < 1.29 is 19.2 Å². The molecule has 34 heavy (non-hydrogen) atoms. The molecule has 0 bridgehead atoms. The summed E-state index contributed by atoms with van der Waals surface area (Å²) >= 11 is 7.44. The van der Waals surface area contributed by atoms with Gasteiger partial charge in [0, 0.05) is 17.5 Å². The van der Waals surface area contributed by atoms with Crippen LogP contribution in [0.4, 0.5) is 11.4 Å². The number of aryl methyl sites for hydroxylation is 1. The standard InChI is InChI=1S/C22H14ClN5O5S/c1-12-15-9-19(34-21(15)27(26-12)18-5-3-2-4-16(18)23)22(30)33-11-20(29)25-17-7-6-14(28(31)32)8-13(17)10-24/h2-9H,11H2,1H3,(H,25,29). The van der Waals surface area contributed by atoms with Crippen molar-refractivity contribution >= 4 is 56.4 Å². The highest BCUT2D eigenvalue weighted by atomic mass is 35.5. The van der Waals surface area contributed by atoms with Crippen LogP contribution in [0.15, 0.2) is 48.5 Å². The summed E-state index contributed by atoms with van der Waals surface area (Å²) in [7, 11) is 0. The summed E-state index contributed by atoms with van der Waals surface area (Å²) in [6, 6.07) is 14.0. The van der Waals surface area contributed by atoms with Gasteiger partial charge < -0.3 is 10.1 Å². The average molecular weight is 496 g/mol. The maximum Gasteiger partial charge on any atom is 0.348 e. The number of nitro benzene ring substituents is 1. The smallest absolute Gasteiger partial charge is 0.348 e. The number of esters is 1. The Hall–Kier alpha value is -4.27. The molecule has 0 atom stereocenters. The lowest BCUT2D eigenvalue weighted by Crippen LogP contribution is -2.21. The normalized spacial score (nSPS) is 10.6. The predicted molar refractivity (Wildman–Crippen MR) is 125 cm³/mol. The molecule has 12 heteroatoms. The number of halogens is 1. The van der Waals surface area contributed by atoms with E-state index in [9.17, 15) is 25.0 Å². The van der Waals surface area contributed by atoms with Crippen molar-refractivity contribution in [2.24, 2.45) is 0 Å². The predicted octanol–water partition coefficient (Wildman–Crippen LogP) is 4.62. The Balaban J connectivity index is 1.48. The van der Waals surface area contributed by atoms with Crippen molar-refractivity contribution in [3.63, 3.8) is 0 Å². The number of ether oxygens (including phenoxy) is 1. The van der Waals surface area contributed by atoms with E-state index in [1.54, 1.807) is 29.0 Å². The number of carbonyl (C=O) groups is 2. The molecule has 0 radical (unpaired) electrons. The fourth-order valence-electron chi connectivity index (χ4n) is 3.17. The molecule has 0 unspecified atom stereocenters. The fourth-order valence-corrected chi connectivity index (χ4v) is 4.46. The Morgan fingerprint density at radius 3 is 2.76 bits per heavy atom. The van der Waals surface area contributed by atoms with Crippen LogP contribution in [0.25, 0.3) is 15.9 Å². The lowest BCUT2D eigenvalue weighted by molar-refractivity contribution is -0.384. The molecule has 4 rings (SSSR count). The summed E-state index contributed by atoms with van der Waals surface area (Å²) in [5.41, 5.74) is 1.07. The zero-order valence-corrected chi connectivity index (χ0v) is 19.0. The summed E-state index contributed by atoms with van der Waals surface area (Å²) < 4.78 is 6.77. The van der Waals surface area contributed by atoms with Gasteiger partial charge in [0.15, 0.2) is 6.61 Å². The van der Waals surface area contributed by atoms with Crippen molar-refractivity contribution in [2.45, 2.75) is 6.92 Å². The Morgan fingerprint density at radius 1 is 1.29 bits per heavy atom. The number of nitro groups is 1. The second-order valence-corrected chi connectivity index (χ2v) is 8.44. The number of thiophene rings is 1. The number of para-hydroxylation sites is 1. The van der Waals surface area contributed by atoms with Crippen LogP contribution in [0.2, 0.25) is 5.02 Å². The SMILES string of the molecule is Cc1nn(-c2ccccc2Cl)c2sc(C(=O)OCC(=O)Nc3ccc([N+](=O)[O-])cc3C#N)cc12. The molecule has 4 aromatic rings. The highest BCUT2D eigenvalue weighted by Gasteiger charge is 2.20. The van der Waals surface area contributed by atoms with E-state index >= 15 is 0 Å². The summed E-state index contributed by atoms with van der Waals surface area (Å²) in [4.78, 5) is 36.0. The first kappa shape index (κ1) is 22.9. The largest absolute Gasteiger partial charge is 0.451 e. The first-order valence-electron chi connectivity index (χ1n) is 9.68. The van der Waals surface area contributed by atoms with Crippen LogP contribution in [0, 0.1) is 28.4 Å². The van der Waals surface area contributed by atoms with Crippen LogP contribution in [-0.4, -0.2) is 33.2 Å². The molecule has 170 valence electrons. The van der Waals surface area contributed by atoms with E-state index in [0.29, 0.717) is 21.2 Å². The van der Waals surface area contributed by atoms with Gasteiger partial charge in [-0.15, -0.1) is 11.3 Å². The van der Waals surface area contributed by atoms with E-state index in [1.807, 2.05) is 19.1 Å². The molecule has 0 fully saturated rings. The van der Waals surface area contributed by atoms with Crippen molar-refractivity contribution in [1.29, 1.82) is 5.26 Å². The third kappa shape index (κ3) is 4.45. The number of benzene rings is 2. The van der Waals surface area contributed by atoms with Crippen LogP contribution in [0.3, 0.4) is 0 Å². The molecular formula is C22H14ClN5O5S. The number of hydrogen-bond donors (Lipinski definition) is 1. The second kappa shape index (κ2) is 9.30. The molecule has 10 nitrogen and oxygen atoms in total. The molecule has 0 saturated carbocycles. The Kier molecular flexibility index (Phi) is 6.27. The molecule has 1 N–H and O–H groups in total. The number of anilines is 1. The first-order valence-corrected chi connectivity index (χ1v) is 10.9. The van der Waals surface area contributed by atoms with Gasteiger partial charge in [-0.3, -0.25) is 14.9 Å². The molecule has 0 aliphatic rings. The fraction of sp³-hybridized carbons (Fsp3) is 0.0909. The lowest BCUT2D eigenvalue weighted by Gasteiger charge is -2.07. The molecule has 0 spiro atoms. The number of carbonyl (C=O) groups excluding carboxylic acids is 2. The Labute approximate surface area is 201 Å². The summed E-state index contributed by atoms with van der Waals surface area (Å²) in [6.07, 6.45) is 0. The second-order valence-electron chi connectivity index (χ2n) is 7.00. The van der Waals surface area contributed by atoms with Gasteiger partial charge in [-0.2, -0.15) is 10.4 Å². The van der Waals surface area contributed by atoms with E-state index in [4.69, 9.17) is 16.3 Å². The summed E-state index contributed by atoms with van der Waals surface area (Å²) in [5.74, 6) is -1.40. The van der Waals surface area contributed by atoms with E-state index in [-0.39, 0.29) is 21.8 Å². The number of nitriles is 1. The van der Waals surface area contributed by atoms with Gasteiger partial charge in [-0.1, -0.05) is 23.7 Å². The van der Waals surface area contributed by atoms with Gasteiger partial charge in [0.05, 0.1) is 32.6 Å². The number of fused-ring (bicyclic) bond motifs is 1. The molecule has 0 aliphatic heterocycles. The van der Waals surface area contributed by atoms with Crippen LogP contribution in [-0.2, 0) is 9.53 Å². The number of aromatic nitrogens is 2. The zero-order valence-electron chi connectivity index (χ0n) is 17.4. The van der Waals surface area contributed by atoms with Crippen molar-refractivity contribution in [3.05, 3.63) is 79.8 Å². The highest BCUT2D eigenvalue weighted by molar-refractivity contribution is 7.20. The van der Waals surface area contributed by atoms with Crippen LogP contribution in [0.5, 0.6) is 0 Å². The number of rotatable bonds is 6. The number of non-ortho nitro benzene ring substituents is 1. The highest BCUT2D eigenvalue weighted by Crippen LogP contribution is 2.32. The van der Waals surface area contributed by atoms with E-state index in [1.165, 1.54) is 6.07 Å². The van der Waals surface area contributed by atoms with Crippen LogP contribution in [0.1, 0.15) is 20.9 Å². The molecule has 2 aromatic heterocycles. The van der Waals surface area contributed by atoms with Crippen molar-refractivity contribution in [1.82, 2.24) is 9.78 Å². The quantitative estimate of drug-likeness (QED) is 0.233. The monoisotopic (exact) mass is 495 g/mol. The van der Waals surface area contributed by atoms with E-state index in [0.717, 1.165) is 28.9 Å². The number of nitrogens with one attached hydrogen (secondary N) is 1. The zero-order chi connectivity index (χ0) is 24.4. The maximum absolute atomic E-state index is 12.6. The van der Waals surface area contributed by atoms with Gasteiger partial charge in [0.1, 0.15) is 15.8 Å². The van der Waals surface area contributed by atoms with Gasteiger partial charge in [0.25, 0.3) is 11.6 Å². The van der Waals surface area contributed by atoms with E-state index in [2.05, 4.69) is 10.4 Å². The molecular weight excluding hydrogens is 482 g/mol. The van der Waals surface area contributed by atoms with Crippen molar-refractivity contribution in [3.8, 4) is 11.8 Å². The van der Waals surface area contributed by atoms with Crippen molar-refractivity contribution in [2.75, 3.05) is 11.9 Å². The summed E-state index contributed by atoms with van der Waals surface area (Å²) in [5, 5.41) is 28.2. The third-order valence-corrected chi connectivity index (χ3v) is 6.18. The topological polar surface area (TPSA) is 140 Å². The number of nitrogens with zero attached hydrogens (tertiary/aromatic N) is 4. The minimum atomic E-state index is -0.703. The molecule has 2 aromatic carbocycles. The van der Waals surface area contributed by atoms with Gasteiger partial charge in [-0.05, 0) is 31.2 Å². The van der Waals surface area contributed by atoms with Crippen LogP contribution < -0.4 is 5.32 Å². The van der Waals surface area contributed by atoms with E-state index < -0.39 is 23.4 Å². The van der Waals surface area contributed by atoms with Gasteiger partial charge in [0.2, 0.25) is 0 Å². The van der Waals surface area contributed by atoms with Gasteiger partial charge >= 0.3 is 5.97 Å². The number of hydrogen-bond acceptors (Lipinski definition) is 8. The van der Waals surface area contributed by atoms with Crippen LogP contribution >= 0.6 is 22.9 Å². The maximum atomic E-state index is 12.6. The summed E-state index contributed by atoms with van der Waals surface area (Å²) in [6.45, 7) is 1.20. The Bertz CT molecular complexity index is 1500. The van der Waals surface area contributed by atoms with Gasteiger partial charge in [-0.25, -0.2) is 9.48 Å². The molecule has 2 heterocycles. The number of amides is 1. The molecule has 1 amide bonds. The molecule has 0 aliphatic carbocycles. The molecule has 0 saturated heterocycles. The lowest BCUT2D eigenvalue weighted by atomic mass is 10.1. The third-order valence-electron chi connectivity index (χ3n) is 4.77.